The second kappa shape index (κ2) is 6.67. The molecule has 3 nitrogen and oxygen atoms in total. The lowest BCUT2D eigenvalue weighted by molar-refractivity contribution is -0.137. The number of hydrogen-bond donors (Lipinski definition) is 1. The Hall–Kier alpha value is -0.950. The van der Waals surface area contributed by atoms with E-state index in [-0.39, 0.29) is 6.42 Å². The molecule has 0 radical (unpaired) electrons. The fourth-order valence-corrected chi connectivity index (χ4v) is 3.65. The van der Waals surface area contributed by atoms with Crippen molar-refractivity contribution < 1.29 is 9.90 Å². The molecule has 2 rings (SSSR count). The lowest BCUT2D eigenvalue weighted by atomic mass is 10.2. The van der Waals surface area contributed by atoms with Gasteiger partial charge in [0.15, 0.2) is 0 Å². The van der Waals surface area contributed by atoms with Crippen LogP contribution in [0.2, 0.25) is 5.02 Å². The van der Waals surface area contributed by atoms with Gasteiger partial charge >= 0.3 is 5.97 Å². The molecule has 20 heavy (non-hydrogen) atoms. The third-order valence-corrected chi connectivity index (χ3v) is 4.77. The van der Waals surface area contributed by atoms with Crippen LogP contribution < -0.4 is 0 Å². The van der Waals surface area contributed by atoms with Gasteiger partial charge in [-0.25, -0.2) is 0 Å². The van der Waals surface area contributed by atoms with Crippen molar-refractivity contribution in [2.75, 3.05) is 6.54 Å². The normalized spacial score (nSPS) is 17.1. The van der Waals surface area contributed by atoms with Crippen LogP contribution in [-0.2, 0) is 4.79 Å². The molecule has 1 aliphatic rings. The number of thioether (sulfide) groups is 1. The lowest BCUT2D eigenvalue weighted by Gasteiger charge is -2.14. The highest BCUT2D eigenvalue weighted by atomic mass is 35.5. The zero-order valence-electron chi connectivity index (χ0n) is 10.2. The first-order valence-corrected chi connectivity index (χ1v) is 7.71. The Bertz CT molecular complexity index is 615. The second-order valence-electron chi connectivity index (χ2n) is 4.03. The number of carbonyl (C=O) groups is 1. The highest BCUT2D eigenvalue weighted by Crippen LogP contribution is 2.33. The van der Waals surface area contributed by atoms with Gasteiger partial charge in [-0.2, -0.15) is 0 Å². The molecule has 0 atom stereocenters. The summed E-state index contributed by atoms with van der Waals surface area (Å²) < 4.78 is 0.588. The Morgan fingerprint density at radius 1 is 1.45 bits per heavy atom. The maximum absolute atomic E-state index is 10.6. The fourth-order valence-electron chi connectivity index (χ4n) is 1.65. The van der Waals surface area contributed by atoms with Crippen molar-refractivity contribution in [1.29, 1.82) is 0 Å². The van der Waals surface area contributed by atoms with E-state index in [0.29, 0.717) is 20.9 Å². The van der Waals surface area contributed by atoms with Gasteiger partial charge in [-0.3, -0.25) is 4.79 Å². The summed E-state index contributed by atoms with van der Waals surface area (Å²) in [6.45, 7) is 0.298. The summed E-state index contributed by atoms with van der Waals surface area (Å²) in [5.74, 6) is -0.868. The van der Waals surface area contributed by atoms with Gasteiger partial charge in [0.05, 0.1) is 11.3 Å². The minimum absolute atomic E-state index is 0.00524. The molecule has 0 bridgehead atoms. The Kier molecular flexibility index (Phi) is 5.15. The zero-order valence-corrected chi connectivity index (χ0v) is 13.4. The average molecular weight is 344 g/mol. The summed E-state index contributed by atoms with van der Waals surface area (Å²) in [4.78, 5) is 13.7. The molecular formula is C13H10ClNO2S3. The molecule has 1 N–H and O–H groups in total. The van der Waals surface area contributed by atoms with Crippen molar-refractivity contribution in [1.82, 2.24) is 4.90 Å². The molecule has 7 heteroatoms. The van der Waals surface area contributed by atoms with Crippen molar-refractivity contribution in [2.24, 2.45) is 0 Å². The molecule has 1 fully saturated rings. The number of benzene rings is 1. The zero-order chi connectivity index (χ0) is 14.7. The summed E-state index contributed by atoms with van der Waals surface area (Å²) in [7, 11) is 0. The van der Waals surface area contributed by atoms with Crippen LogP contribution in [-0.4, -0.2) is 31.8 Å². The van der Waals surface area contributed by atoms with Crippen LogP contribution in [0.25, 0.3) is 6.08 Å². The number of rotatable bonds is 4. The van der Waals surface area contributed by atoms with Gasteiger partial charge in [0.2, 0.25) is 0 Å². The fraction of sp³-hybridized carbons (Fsp3) is 0.154. The van der Waals surface area contributed by atoms with Crippen LogP contribution in [0, 0.1) is 0 Å². The Morgan fingerprint density at radius 2 is 2.20 bits per heavy atom. The van der Waals surface area contributed by atoms with Crippen LogP contribution in [0.1, 0.15) is 12.0 Å². The first kappa shape index (κ1) is 15.4. The lowest BCUT2D eigenvalue weighted by Crippen LogP contribution is -2.29. The molecule has 104 valence electrons. The molecule has 0 amide bonds. The van der Waals surface area contributed by atoms with Gasteiger partial charge in [-0.15, -0.1) is 0 Å². The van der Waals surface area contributed by atoms with E-state index in [0.717, 1.165) is 10.5 Å². The summed E-state index contributed by atoms with van der Waals surface area (Å²) in [5, 5.41) is 9.38. The number of carboxylic acid groups (broad SMARTS) is 1. The van der Waals surface area contributed by atoms with E-state index in [9.17, 15) is 4.79 Å². The van der Waals surface area contributed by atoms with Crippen LogP contribution in [0.4, 0.5) is 0 Å². The Labute approximate surface area is 136 Å². The first-order valence-electron chi connectivity index (χ1n) is 5.70. The van der Waals surface area contributed by atoms with E-state index >= 15 is 0 Å². The predicted octanol–water partition coefficient (Wildman–Crippen LogP) is 3.82. The van der Waals surface area contributed by atoms with Gasteiger partial charge < -0.3 is 10.0 Å². The van der Waals surface area contributed by atoms with E-state index in [2.05, 4.69) is 0 Å². The predicted molar refractivity (Wildman–Crippen MR) is 91.2 cm³/mol. The minimum atomic E-state index is -0.868. The first-order chi connectivity index (χ1) is 9.47. The summed E-state index contributed by atoms with van der Waals surface area (Å²) in [5.41, 5.74) is 0.935. The second-order valence-corrected chi connectivity index (χ2v) is 6.53. The summed E-state index contributed by atoms with van der Waals surface area (Å²) in [6, 6.07) is 7.41. The summed E-state index contributed by atoms with van der Waals surface area (Å²) in [6.07, 6.45) is 1.91. The number of carboxylic acids is 1. The topological polar surface area (TPSA) is 40.5 Å². The average Bonchev–Trinajstić information content (AvgIpc) is 2.62. The van der Waals surface area contributed by atoms with Crippen molar-refractivity contribution >= 4 is 69.2 Å². The third kappa shape index (κ3) is 3.79. The smallest absolute Gasteiger partial charge is 0.305 e. The molecule has 0 aliphatic carbocycles. The molecule has 0 saturated carbocycles. The molecule has 1 aliphatic heterocycles. The molecule has 1 aromatic carbocycles. The van der Waals surface area contributed by atoms with E-state index in [1.807, 2.05) is 24.3 Å². The van der Waals surface area contributed by atoms with Crippen molar-refractivity contribution in [3.05, 3.63) is 39.8 Å². The largest absolute Gasteiger partial charge is 0.481 e. The third-order valence-electron chi connectivity index (χ3n) is 2.57. The van der Waals surface area contributed by atoms with Crippen LogP contribution >= 0.6 is 47.8 Å². The van der Waals surface area contributed by atoms with E-state index in [1.54, 1.807) is 11.0 Å². The van der Waals surface area contributed by atoms with E-state index in [1.165, 1.54) is 11.8 Å². The monoisotopic (exact) mass is 343 g/mol. The van der Waals surface area contributed by atoms with Gasteiger partial charge in [0.25, 0.3) is 0 Å². The maximum atomic E-state index is 10.6. The molecular weight excluding hydrogens is 334 g/mol. The van der Waals surface area contributed by atoms with E-state index < -0.39 is 5.97 Å². The van der Waals surface area contributed by atoms with Crippen LogP contribution in [0.15, 0.2) is 29.2 Å². The van der Waals surface area contributed by atoms with Crippen molar-refractivity contribution in [3.8, 4) is 0 Å². The molecule has 1 aromatic rings. The van der Waals surface area contributed by atoms with Crippen LogP contribution in [0.3, 0.4) is 0 Å². The number of thiocarbonyl (C=S) groups is 2. The number of hydrogen-bond acceptors (Lipinski definition) is 4. The van der Waals surface area contributed by atoms with Gasteiger partial charge in [-0.1, -0.05) is 59.9 Å². The van der Waals surface area contributed by atoms with Crippen molar-refractivity contribution in [3.63, 3.8) is 0 Å². The number of nitrogens with zero attached hydrogens (tertiary/aromatic N) is 1. The van der Waals surface area contributed by atoms with Gasteiger partial charge in [0, 0.05) is 11.6 Å². The Morgan fingerprint density at radius 3 is 2.85 bits per heavy atom. The number of aliphatic carboxylic acids is 1. The molecule has 1 heterocycles. The highest BCUT2D eigenvalue weighted by molar-refractivity contribution is 8.27. The van der Waals surface area contributed by atoms with Crippen LogP contribution in [0.5, 0.6) is 0 Å². The van der Waals surface area contributed by atoms with Gasteiger partial charge in [-0.05, 0) is 23.8 Å². The minimum Gasteiger partial charge on any atom is -0.481 e. The molecule has 0 unspecified atom stereocenters. The SMILES string of the molecule is O=C(O)CCN1C(=S)SC(=Cc2cccc(Cl)c2)C1=S. The standard InChI is InChI=1S/C13H10ClNO2S3/c14-9-3-1-2-8(6-9)7-10-12(18)15(13(19)20-10)5-4-11(16)17/h1-3,6-7H,4-5H2,(H,16,17). The molecule has 0 aromatic heterocycles. The van der Waals surface area contributed by atoms with Crippen molar-refractivity contribution in [2.45, 2.75) is 6.42 Å². The molecule has 0 spiro atoms. The van der Waals surface area contributed by atoms with Gasteiger partial charge in [0.1, 0.15) is 9.31 Å². The highest BCUT2D eigenvalue weighted by Gasteiger charge is 2.28. The quantitative estimate of drug-likeness (QED) is 0.662. The summed E-state index contributed by atoms with van der Waals surface area (Å²) >= 11 is 17.9. The maximum Gasteiger partial charge on any atom is 0.305 e. The molecule has 1 saturated heterocycles. The Balaban J connectivity index is 2.17. The van der Waals surface area contributed by atoms with E-state index in [4.69, 9.17) is 41.1 Å². The number of halogens is 1.